The molecule has 0 bridgehead atoms. The van der Waals surface area contributed by atoms with Crippen molar-refractivity contribution in [3.8, 4) is 0 Å². The number of benzene rings is 2. The number of carboxylic acids is 1. The molecule has 0 saturated carbocycles. The fourth-order valence-electron chi connectivity index (χ4n) is 3.32. The third-order valence-corrected chi connectivity index (χ3v) is 5.71. The molecule has 0 radical (unpaired) electrons. The molecule has 2 aromatic carbocycles. The molecule has 0 aliphatic heterocycles. The maximum atomic E-state index is 12.7. The average Bonchev–Trinajstić information content (AvgIpc) is 2.80. The summed E-state index contributed by atoms with van der Waals surface area (Å²) < 4.78 is 38.1. The Kier molecular flexibility index (Phi) is 8.00. The third-order valence-electron chi connectivity index (χ3n) is 4.99. The molecule has 3 aromatic rings. The molecule has 1 heterocycles. The Balaban J connectivity index is 1.74. The fourth-order valence-corrected chi connectivity index (χ4v) is 3.93. The van der Waals surface area contributed by atoms with Crippen molar-refractivity contribution in [1.82, 2.24) is 9.97 Å². The quantitative estimate of drug-likeness (QED) is 0.338. The number of nitrogens with one attached hydrogen (secondary N) is 1. The lowest BCUT2D eigenvalue weighted by Gasteiger charge is -2.18. The monoisotopic (exact) mass is 504 g/mol. The summed E-state index contributed by atoms with van der Waals surface area (Å²) in [6, 6.07) is 10.9. The Bertz CT molecular complexity index is 1210. The van der Waals surface area contributed by atoms with E-state index in [-0.39, 0.29) is 12.0 Å². The summed E-state index contributed by atoms with van der Waals surface area (Å²) in [5.74, 6) is -0.423. The van der Waals surface area contributed by atoms with Gasteiger partial charge in [-0.3, -0.25) is 9.59 Å². The van der Waals surface area contributed by atoms with E-state index >= 15 is 0 Å². The molecule has 0 saturated heterocycles. The molecule has 35 heavy (non-hydrogen) atoms. The number of aliphatic carboxylic acids is 1. The zero-order valence-corrected chi connectivity index (χ0v) is 20.0. The van der Waals surface area contributed by atoms with Crippen LogP contribution in [-0.4, -0.2) is 47.3 Å². The van der Waals surface area contributed by atoms with Gasteiger partial charge in [-0.15, -0.1) is 11.8 Å². The first-order valence-electron chi connectivity index (χ1n) is 10.4. The van der Waals surface area contributed by atoms with Gasteiger partial charge in [-0.1, -0.05) is 12.1 Å². The predicted octanol–water partition coefficient (Wildman–Crippen LogP) is 4.75. The van der Waals surface area contributed by atoms with E-state index in [2.05, 4.69) is 15.3 Å². The van der Waals surface area contributed by atoms with Crippen LogP contribution < -0.4 is 10.2 Å². The van der Waals surface area contributed by atoms with Crippen LogP contribution in [0.4, 0.5) is 24.7 Å². The van der Waals surface area contributed by atoms with Gasteiger partial charge in [0.15, 0.2) is 0 Å². The van der Waals surface area contributed by atoms with E-state index in [4.69, 9.17) is 0 Å². The highest BCUT2D eigenvalue weighted by atomic mass is 32.2. The maximum absolute atomic E-state index is 12.7. The number of aromatic nitrogens is 2. The van der Waals surface area contributed by atoms with Gasteiger partial charge in [0, 0.05) is 37.3 Å². The summed E-state index contributed by atoms with van der Waals surface area (Å²) in [5, 5.41) is 12.5. The maximum Gasteiger partial charge on any atom is 0.416 e. The van der Waals surface area contributed by atoms with Crippen LogP contribution in [0.15, 0.2) is 53.6 Å². The minimum absolute atomic E-state index is 0.109. The molecule has 0 unspecified atom stereocenters. The highest BCUT2D eigenvalue weighted by molar-refractivity contribution is 7.98. The van der Waals surface area contributed by atoms with Crippen LogP contribution >= 0.6 is 11.8 Å². The lowest BCUT2D eigenvalue weighted by molar-refractivity contribution is -0.138. The number of amides is 1. The van der Waals surface area contributed by atoms with Crippen molar-refractivity contribution in [1.29, 1.82) is 0 Å². The summed E-state index contributed by atoms with van der Waals surface area (Å²) in [6.07, 6.45) is -2.44. The molecule has 1 amide bonds. The van der Waals surface area contributed by atoms with Gasteiger partial charge in [0.05, 0.1) is 12.0 Å². The van der Waals surface area contributed by atoms with Crippen molar-refractivity contribution in [3.05, 3.63) is 76.6 Å². The number of rotatable bonds is 8. The Hall–Kier alpha value is -3.60. The van der Waals surface area contributed by atoms with Crippen LogP contribution in [0.5, 0.6) is 0 Å². The van der Waals surface area contributed by atoms with Crippen molar-refractivity contribution in [2.75, 3.05) is 30.6 Å². The van der Waals surface area contributed by atoms with Crippen LogP contribution in [-0.2, 0) is 23.8 Å². The average molecular weight is 505 g/mol. The molecule has 0 aliphatic rings. The second-order valence-corrected chi connectivity index (χ2v) is 8.61. The molecule has 1 aromatic heterocycles. The summed E-state index contributed by atoms with van der Waals surface area (Å²) in [7, 11) is 3.57. The molecule has 11 heteroatoms. The molecule has 184 valence electrons. The normalized spacial score (nSPS) is 11.3. The van der Waals surface area contributed by atoms with Crippen LogP contribution in [0.3, 0.4) is 0 Å². The SMILES string of the molecule is CSc1nc(Cc2ccc(NC(=O)c3ccc(C(F)(F)F)cc3)cc2)nc(N(C)C)c1CC(=O)O. The Morgan fingerprint density at radius 2 is 1.66 bits per heavy atom. The van der Waals surface area contributed by atoms with Crippen LogP contribution in [0, 0.1) is 0 Å². The minimum Gasteiger partial charge on any atom is -0.481 e. The summed E-state index contributed by atoms with van der Waals surface area (Å²) in [4.78, 5) is 34.5. The lowest BCUT2D eigenvalue weighted by Crippen LogP contribution is -2.18. The molecular weight excluding hydrogens is 481 g/mol. The number of halogens is 3. The standard InChI is InChI=1S/C24H23F3N4O3S/c1-31(2)21-18(13-20(32)33)23(35-3)30-19(29-21)12-14-4-10-17(11-5-14)28-22(34)15-6-8-16(9-7-15)24(25,26)27/h4-11H,12-13H2,1-3H3,(H,28,34)(H,32,33). The van der Waals surface area contributed by atoms with Crippen molar-refractivity contribution in [3.63, 3.8) is 0 Å². The largest absolute Gasteiger partial charge is 0.481 e. The number of carboxylic acid groups (broad SMARTS) is 1. The van der Waals surface area contributed by atoms with Gasteiger partial charge in [-0.05, 0) is 48.2 Å². The zero-order chi connectivity index (χ0) is 25.8. The number of alkyl halides is 3. The first-order chi connectivity index (χ1) is 16.5. The lowest BCUT2D eigenvalue weighted by atomic mass is 10.1. The molecule has 7 nitrogen and oxygen atoms in total. The number of thioether (sulfide) groups is 1. The van der Waals surface area contributed by atoms with Gasteiger partial charge in [0.25, 0.3) is 5.91 Å². The number of carbonyl (C=O) groups excluding carboxylic acids is 1. The van der Waals surface area contributed by atoms with Gasteiger partial charge >= 0.3 is 12.1 Å². The number of hydrogen-bond acceptors (Lipinski definition) is 6. The Labute approximate surface area is 204 Å². The van der Waals surface area contributed by atoms with Gasteiger partial charge < -0.3 is 15.3 Å². The first kappa shape index (κ1) is 26.0. The van der Waals surface area contributed by atoms with Crippen molar-refractivity contribution >= 4 is 35.1 Å². The molecule has 2 N–H and O–H groups in total. The predicted molar refractivity (Wildman–Crippen MR) is 128 cm³/mol. The van der Waals surface area contributed by atoms with Crippen molar-refractivity contribution in [2.45, 2.75) is 24.0 Å². The summed E-state index contributed by atoms with van der Waals surface area (Å²) in [5.41, 5.74) is 1.19. The Morgan fingerprint density at radius 3 is 2.17 bits per heavy atom. The topological polar surface area (TPSA) is 95.4 Å². The highest BCUT2D eigenvalue weighted by Crippen LogP contribution is 2.29. The zero-order valence-electron chi connectivity index (χ0n) is 19.2. The van der Waals surface area contributed by atoms with E-state index < -0.39 is 23.6 Å². The van der Waals surface area contributed by atoms with E-state index in [0.29, 0.717) is 34.3 Å². The molecular formula is C24H23F3N4O3S. The summed E-state index contributed by atoms with van der Waals surface area (Å²) >= 11 is 1.35. The molecule has 0 aliphatic carbocycles. The molecule has 0 fully saturated rings. The van der Waals surface area contributed by atoms with E-state index in [1.165, 1.54) is 11.8 Å². The smallest absolute Gasteiger partial charge is 0.416 e. The minimum atomic E-state index is -4.46. The number of carbonyl (C=O) groups is 2. The molecule has 0 atom stereocenters. The molecule has 3 rings (SSSR count). The highest BCUT2D eigenvalue weighted by Gasteiger charge is 2.30. The Morgan fingerprint density at radius 1 is 1.03 bits per heavy atom. The van der Waals surface area contributed by atoms with E-state index in [1.54, 1.807) is 43.3 Å². The van der Waals surface area contributed by atoms with Gasteiger partial charge in [0.1, 0.15) is 16.7 Å². The number of anilines is 2. The van der Waals surface area contributed by atoms with Crippen molar-refractivity contribution < 1.29 is 27.9 Å². The van der Waals surface area contributed by atoms with Crippen LogP contribution in [0.2, 0.25) is 0 Å². The fraction of sp³-hybridized carbons (Fsp3) is 0.250. The van der Waals surface area contributed by atoms with Gasteiger partial charge in [0.2, 0.25) is 0 Å². The third kappa shape index (κ3) is 6.72. The first-order valence-corrected chi connectivity index (χ1v) is 11.6. The van der Waals surface area contributed by atoms with Crippen LogP contribution in [0.25, 0.3) is 0 Å². The molecule has 0 spiro atoms. The van der Waals surface area contributed by atoms with Gasteiger partial charge in [-0.2, -0.15) is 13.2 Å². The second kappa shape index (κ2) is 10.8. The van der Waals surface area contributed by atoms with Crippen LogP contribution in [0.1, 0.15) is 32.9 Å². The van der Waals surface area contributed by atoms with Crippen molar-refractivity contribution in [2.24, 2.45) is 0 Å². The van der Waals surface area contributed by atoms with E-state index in [9.17, 15) is 27.9 Å². The van der Waals surface area contributed by atoms with E-state index in [0.717, 1.165) is 29.8 Å². The van der Waals surface area contributed by atoms with Gasteiger partial charge in [-0.25, -0.2) is 9.97 Å². The summed E-state index contributed by atoms with van der Waals surface area (Å²) in [6.45, 7) is 0. The second-order valence-electron chi connectivity index (χ2n) is 7.82. The number of nitrogens with zero attached hydrogens (tertiary/aromatic N) is 3. The number of hydrogen-bond donors (Lipinski definition) is 2. The van der Waals surface area contributed by atoms with E-state index in [1.807, 2.05) is 6.26 Å².